The van der Waals surface area contributed by atoms with Gasteiger partial charge in [-0.05, 0) is 50.8 Å². The first-order valence-corrected chi connectivity index (χ1v) is 6.91. The molecule has 3 nitrogen and oxygen atoms in total. The molecule has 104 valence electrons. The molecule has 3 heteroatoms. The van der Waals surface area contributed by atoms with E-state index in [9.17, 15) is 4.79 Å². The molecule has 0 radical (unpaired) electrons. The summed E-state index contributed by atoms with van der Waals surface area (Å²) in [5.41, 5.74) is 1.78. The zero-order valence-corrected chi connectivity index (χ0v) is 11.9. The van der Waals surface area contributed by atoms with Crippen LogP contribution in [0.5, 0.6) is 5.75 Å². The SMILES string of the molecule is COC1CCCC(Oc2cc(C)ccc2C(C)=O)C1. The summed E-state index contributed by atoms with van der Waals surface area (Å²) in [4.78, 5) is 11.6. The van der Waals surface area contributed by atoms with Crippen LogP contribution in [-0.4, -0.2) is 25.1 Å². The van der Waals surface area contributed by atoms with Gasteiger partial charge in [0.25, 0.3) is 0 Å². The maximum Gasteiger partial charge on any atom is 0.163 e. The van der Waals surface area contributed by atoms with Gasteiger partial charge in [-0.2, -0.15) is 0 Å². The van der Waals surface area contributed by atoms with Crippen LogP contribution in [0, 0.1) is 6.92 Å². The number of aryl methyl sites for hydroxylation is 1. The summed E-state index contributed by atoms with van der Waals surface area (Å²) in [5.74, 6) is 0.767. The van der Waals surface area contributed by atoms with E-state index in [1.165, 1.54) is 0 Å². The molecule has 1 aromatic carbocycles. The van der Waals surface area contributed by atoms with E-state index in [1.54, 1.807) is 14.0 Å². The van der Waals surface area contributed by atoms with Crippen molar-refractivity contribution in [1.29, 1.82) is 0 Å². The number of hydrogen-bond donors (Lipinski definition) is 0. The van der Waals surface area contributed by atoms with E-state index in [4.69, 9.17) is 9.47 Å². The molecule has 1 aliphatic rings. The maximum atomic E-state index is 11.6. The topological polar surface area (TPSA) is 35.5 Å². The fourth-order valence-corrected chi connectivity index (χ4v) is 2.62. The zero-order chi connectivity index (χ0) is 13.8. The Morgan fingerprint density at radius 2 is 2.00 bits per heavy atom. The predicted molar refractivity (Wildman–Crippen MR) is 74.9 cm³/mol. The van der Waals surface area contributed by atoms with Crippen molar-refractivity contribution in [2.45, 2.75) is 51.7 Å². The number of methoxy groups -OCH3 is 1. The molecule has 1 aromatic rings. The Balaban J connectivity index is 2.13. The second kappa shape index (κ2) is 6.20. The molecule has 1 fully saturated rings. The quantitative estimate of drug-likeness (QED) is 0.779. The number of hydrogen-bond acceptors (Lipinski definition) is 3. The van der Waals surface area contributed by atoms with Crippen LogP contribution in [0.3, 0.4) is 0 Å². The monoisotopic (exact) mass is 262 g/mol. The van der Waals surface area contributed by atoms with Crippen LogP contribution in [0.15, 0.2) is 18.2 Å². The van der Waals surface area contributed by atoms with Crippen molar-refractivity contribution < 1.29 is 14.3 Å². The second-order valence-corrected chi connectivity index (χ2v) is 5.32. The molecule has 0 bridgehead atoms. The van der Waals surface area contributed by atoms with E-state index in [1.807, 2.05) is 25.1 Å². The Bertz CT molecular complexity index is 453. The summed E-state index contributed by atoms with van der Waals surface area (Å²) in [7, 11) is 1.75. The number of ether oxygens (including phenoxy) is 2. The minimum atomic E-state index is 0.0501. The van der Waals surface area contributed by atoms with Crippen LogP contribution in [0.1, 0.15) is 48.5 Å². The first-order valence-electron chi connectivity index (χ1n) is 6.91. The lowest BCUT2D eigenvalue weighted by molar-refractivity contribution is 0.0207. The Morgan fingerprint density at radius 3 is 2.68 bits per heavy atom. The van der Waals surface area contributed by atoms with Gasteiger partial charge in [0.15, 0.2) is 5.78 Å². The molecule has 2 unspecified atom stereocenters. The van der Waals surface area contributed by atoms with E-state index >= 15 is 0 Å². The molecule has 19 heavy (non-hydrogen) atoms. The van der Waals surface area contributed by atoms with Gasteiger partial charge in [0.05, 0.1) is 11.7 Å². The van der Waals surface area contributed by atoms with Crippen LogP contribution in [0.25, 0.3) is 0 Å². The van der Waals surface area contributed by atoms with Crippen LogP contribution in [0.4, 0.5) is 0 Å². The van der Waals surface area contributed by atoms with Gasteiger partial charge < -0.3 is 9.47 Å². The minimum absolute atomic E-state index is 0.0501. The molecule has 2 atom stereocenters. The highest BCUT2D eigenvalue weighted by atomic mass is 16.5. The number of benzene rings is 1. The third-order valence-electron chi connectivity index (χ3n) is 3.72. The normalized spacial score (nSPS) is 23.1. The fraction of sp³-hybridized carbons (Fsp3) is 0.562. The molecular formula is C16H22O3. The number of carbonyl (C=O) groups is 1. The van der Waals surface area contributed by atoms with Gasteiger partial charge in [0.2, 0.25) is 0 Å². The molecule has 0 amide bonds. The van der Waals surface area contributed by atoms with E-state index in [2.05, 4.69) is 0 Å². The first-order chi connectivity index (χ1) is 9.10. The Morgan fingerprint density at radius 1 is 1.26 bits per heavy atom. The zero-order valence-electron chi connectivity index (χ0n) is 11.9. The molecule has 0 saturated heterocycles. The third kappa shape index (κ3) is 3.57. The van der Waals surface area contributed by atoms with Crippen molar-refractivity contribution in [3.8, 4) is 5.75 Å². The number of Topliss-reactive ketones (excluding diaryl/α,β-unsaturated/α-hetero) is 1. The van der Waals surface area contributed by atoms with Crippen molar-refractivity contribution in [3.63, 3.8) is 0 Å². The third-order valence-corrected chi connectivity index (χ3v) is 3.72. The van der Waals surface area contributed by atoms with E-state index in [0.29, 0.717) is 11.3 Å². The summed E-state index contributed by atoms with van der Waals surface area (Å²) in [6.45, 7) is 3.59. The van der Waals surface area contributed by atoms with Gasteiger partial charge in [-0.1, -0.05) is 6.07 Å². The summed E-state index contributed by atoms with van der Waals surface area (Å²) in [6, 6.07) is 5.75. The van der Waals surface area contributed by atoms with Gasteiger partial charge in [0, 0.05) is 13.5 Å². The van der Waals surface area contributed by atoms with E-state index in [0.717, 1.165) is 31.2 Å². The molecule has 0 spiro atoms. The second-order valence-electron chi connectivity index (χ2n) is 5.32. The van der Waals surface area contributed by atoms with Crippen LogP contribution < -0.4 is 4.74 Å². The highest BCUT2D eigenvalue weighted by Gasteiger charge is 2.24. The van der Waals surface area contributed by atoms with Crippen molar-refractivity contribution >= 4 is 5.78 Å². The highest BCUT2D eigenvalue weighted by Crippen LogP contribution is 2.28. The van der Waals surface area contributed by atoms with Gasteiger partial charge in [0.1, 0.15) is 11.9 Å². The number of rotatable bonds is 4. The van der Waals surface area contributed by atoms with Gasteiger partial charge in [-0.25, -0.2) is 0 Å². The Hall–Kier alpha value is -1.35. The average Bonchev–Trinajstić information content (AvgIpc) is 2.38. The van der Waals surface area contributed by atoms with Crippen LogP contribution in [-0.2, 0) is 4.74 Å². The van der Waals surface area contributed by atoms with E-state index in [-0.39, 0.29) is 18.0 Å². The molecular weight excluding hydrogens is 240 g/mol. The first kappa shape index (κ1) is 14.1. The van der Waals surface area contributed by atoms with Crippen molar-refractivity contribution in [2.24, 2.45) is 0 Å². The number of carbonyl (C=O) groups excluding carboxylic acids is 1. The van der Waals surface area contributed by atoms with Crippen LogP contribution >= 0.6 is 0 Å². The van der Waals surface area contributed by atoms with Crippen molar-refractivity contribution in [1.82, 2.24) is 0 Å². The molecule has 0 N–H and O–H groups in total. The predicted octanol–water partition coefficient (Wildman–Crippen LogP) is 3.53. The van der Waals surface area contributed by atoms with Crippen molar-refractivity contribution in [2.75, 3.05) is 7.11 Å². The molecule has 1 saturated carbocycles. The summed E-state index contributed by atoms with van der Waals surface area (Å²) in [6.07, 6.45) is 4.59. The average molecular weight is 262 g/mol. The van der Waals surface area contributed by atoms with Gasteiger partial charge in [-0.15, -0.1) is 0 Å². The summed E-state index contributed by atoms with van der Waals surface area (Å²) in [5, 5.41) is 0. The summed E-state index contributed by atoms with van der Waals surface area (Å²) >= 11 is 0. The summed E-state index contributed by atoms with van der Waals surface area (Å²) < 4.78 is 11.5. The lowest BCUT2D eigenvalue weighted by Crippen LogP contribution is -2.29. The van der Waals surface area contributed by atoms with Gasteiger partial charge >= 0.3 is 0 Å². The standard InChI is InChI=1S/C16H22O3/c1-11-7-8-15(12(2)17)16(9-11)19-14-6-4-5-13(10-14)18-3/h7-9,13-14H,4-6,10H2,1-3H3. The molecule has 0 heterocycles. The Kier molecular flexibility index (Phi) is 4.59. The number of ketones is 1. The lowest BCUT2D eigenvalue weighted by atomic mass is 9.94. The maximum absolute atomic E-state index is 11.6. The molecule has 1 aliphatic carbocycles. The van der Waals surface area contributed by atoms with Crippen LogP contribution in [0.2, 0.25) is 0 Å². The minimum Gasteiger partial charge on any atom is -0.490 e. The van der Waals surface area contributed by atoms with Crippen molar-refractivity contribution in [3.05, 3.63) is 29.3 Å². The smallest absolute Gasteiger partial charge is 0.163 e. The largest absolute Gasteiger partial charge is 0.490 e. The fourth-order valence-electron chi connectivity index (χ4n) is 2.62. The molecule has 2 rings (SSSR count). The highest BCUT2D eigenvalue weighted by molar-refractivity contribution is 5.96. The molecule has 0 aromatic heterocycles. The van der Waals surface area contributed by atoms with Gasteiger partial charge in [-0.3, -0.25) is 4.79 Å². The molecule has 0 aliphatic heterocycles. The lowest BCUT2D eigenvalue weighted by Gasteiger charge is -2.29. The van der Waals surface area contributed by atoms with E-state index < -0.39 is 0 Å². The Labute approximate surface area is 114 Å².